The van der Waals surface area contributed by atoms with Crippen LogP contribution >= 0.6 is 0 Å². The third-order valence-corrected chi connectivity index (χ3v) is 3.67. The molecule has 1 unspecified atom stereocenters. The van der Waals surface area contributed by atoms with Crippen LogP contribution in [0.3, 0.4) is 0 Å². The van der Waals surface area contributed by atoms with E-state index >= 15 is 0 Å². The Hall–Kier alpha value is -1.56. The van der Waals surface area contributed by atoms with Gasteiger partial charge in [-0.15, -0.1) is 0 Å². The predicted molar refractivity (Wildman–Crippen MR) is 67.6 cm³/mol. The maximum Gasteiger partial charge on any atom is 0.410 e. The van der Waals surface area contributed by atoms with E-state index in [1.54, 1.807) is 11.1 Å². The third kappa shape index (κ3) is 1.90. The van der Waals surface area contributed by atoms with Crippen molar-refractivity contribution in [3.05, 3.63) is 18.2 Å². The standard InChI is InChI=1S/C13H19N3O3/c1-12(2,3)19-11(18)15-7-13(8-15)6-9(17)10-14-4-5-16(10)13/h4-5,9,17H,6-8H2,1-3H3. The number of amides is 1. The van der Waals surface area contributed by atoms with E-state index in [2.05, 4.69) is 4.98 Å². The first-order valence-electron chi connectivity index (χ1n) is 6.50. The van der Waals surface area contributed by atoms with Crippen molar-refractivity contribution in [1.82, 2.24) is 14.5 Å². The summed E-state index contributed by atoms with van der Waals surface area (Å²) in [6, 6.07) is 0. The van der Waals surface area contributed by atoms with Crippen LogP contribution in [-0.2, 0) is 10.3 Å². The lowest BCUT2D eigenvalue weighted by Crippen LogP contribution is -2.63. The topological polar surface area (TPSA) is 67.6 Å². The molecule has 6 nitrogen and oxygen atoms in total. The number of likely N-dealkylation sites (tertiary alicyclic amines) is 1. The van der Waals surface area contributed by atoms with Crippen LogP contribution in [0, 0.1) is 0 Å². The number of hydrogen-bond acceptors (Lipinski definition) is 4. The van der Waals surface area contributed by atoms with Crippen molar-refractivity contribution >= 4 is 6.09 Å². The molecular weight excluding hydrogens is 246 g/mol. The summed E-state index contributed by atoms with van der Waals surface area (Å²) in [5.74, 6) is 0.698. The molecule has 1 fully saturated rings. The maximum atomic E-state index is 11.9. The lowest BCUT2D eigenvalue weighted by Gasteiger charge is -2.48. The fourth-order valence-electron chi connectivity index (χ4n) is 2.91. The lowest BCUT2D eigenvalue weighted by atomic mass is 9.87. The van der Waals surface area contributed by atoms with Crippen LogP contribution in [0.4, 0.5) is 4.79 Å². The molecule has 1 amide bonds. The second-order valence-electron chi connectivity index (χ2n) is 6.44. The number of aliphatic hydroxyl groups is 1. The van der Waals surface area contributed by atoms with Crippen LogP contribution in [0.1, 0.15) is 39.1 Å². The fraction of sp³-hybridized carbons (Fsp3) is 0.692. The van der Waals surface area contributed by atoms with Crippen molar-refractivity contribution in [1.29, 1.82) is 0 Å². The highest BCUT2D eigenvalue weighted by Crippen LogP contribution is 2.44. The van der Waals surface area contributed by atoms with Gasteiger partial charge in [-0.3, -0.25) is 0 Å². The lowest BCUT2D eigenvalue weighted by molar-refractivity contribution is -0.0325. The summed E-state index contributed by atoms with van der Waals surface area (Å²) in [6.07, 6.45) is 3.36. The van der Waals surface area contributed by atoms with Gasteiger partial charge in [0.2, 0.25) is 0 Å². The van der Waals surface area contributed by atoms with Gasteiger partial charge in [-0.1, -0.05) is 0 Å². The minimum absolute atomic E-state index is 0.192. The molecule has 1 aromatic rings. The van der Waals surface area contributed by atoms with Crippen LogP contribution in [0.15, 0.2) is 12.4 Å². The number of carbonyl (C=O) groups is 1. The summed E-state index contributed by atoms with van der Waals surface area (Å²) in [6.45, 7) is 6.71. The van der Waals surface area contributed by atoms with Gasteiger partial charge in [0.15, 0.2) is 0 Å². The minimum atomic E-state index is -0.532. The van der Waals surface area contributed by atoms with Gasteiger partial charge in [0, 0.05) is 31.9 Å². The zero-order chi connectivity index (χ0) is 13.8. The Labute approximate surface area is 112 Å². The second kappa shape index (κ2) is 3.72. The Morgan fingerprint density at radius 1 is 1.53 bits per heavy atom. The first-order chi connectivity index (χ1) is 8.81. The van der Waals surface area contributed by atoms with Gasteiger partial charge in [0.05, 0.1) is 5.54 Å². The molecule has 1 spiro atoms. The number of rotatable bonds is 0. The molecule has 0 saturated carbocycles. The highest BCUT2D eigenvalue weighted by Gasteiger charge is 2.53. The number of imidazole rings is 1. The minimum Gasteiger partial charge on any atom is -0.444 e. The Bertz CT molecular complexity index is 511. The summed E-state index contributed by atoms with van der Waals surface area (Å²) < 4.78 is 7.34. The van der Waals surface area contributed by atoms with E-state index in [0.29, 0.717) is 25.3 Å². The van der Waals surface area contributed by atoms with Crippen molar-refractivity contribution in [3.8, 4) is 0 Å². The van der Waals surface area contributed by atoms with E-state index in [1.165, 1.54) is 0 Å². The van der Waals surface area contributed by atoms with Crippen LogP contribution < -0.4 is 0 Å². The highest BCUT2D eigenvalue weighted by atomic mass is 16.6. The number of aromatic nitrogens is 2. The molecule has 1 aromatic heterocycles. The van der Waals surface area contributed by atoms with Crippen LogP contribution in [-0.4, -0.2) is 44.3 Å². The molecule has 0 aromatic carbocycles. The van der Waals surface area contributed by atoms with Gasteiger partial charge in [-0.2, -0.15) is 0 Å². The van der Waals surface area contributed by atoms with Gasteiger partial charge in [0.1, 0.15) is 17.5 Å². The molecule has 0 radical (unpaired) electrons. The number of nitrogens with zero attached hydrogens (tertiary/aromatic N) is 3. The van der Waals surface area contributed by atoms with Crippen LogP contribution in [0.5, 0.6) is 0 Å². The summed E-state index contributed by atoms with van der Waals surface area (Å²) >= 11 is 0. The zero-order valence-electron chi connectivity index (χ0n) is 11.5. The van der Waals surface area contributed by atoms with E-state index in [1.807, 2.05) is 31.5 Å². The molecule has 0 bridgehead atoms. The van der Waals surface area contributed by atoms with Gasteiger partial charge in [-0.05, 0) is 20.8 Å². The molecule has 1 N–H and O–H groups in total. The van der Waals surface area contributed by atoms with Crippen molar-refractivity contribution in [2.75, 3.05) is 13.1 Å². The van der Waals surface area contributed by atoms with Gasteiger partial charge < -0.3 is 19.3 Å². The fourth-order valence-corrected chi connectivity index (χ4v) is 2.91. The van der Waals surface area contributed by atoms with Crippen LogP contribution in [0.2, 0.25) is 0 Å². The third-order valence-electron chi connectivity index (χ3n) is 3.67. The Kier molecular flexibility index (Phi) is 2.44. The molecule has 104 valence electrons. The molecular formula is C13H19N3O3. The largest absolute Gasteiger partial charge is 0.444 e. The van der Waals surface area contributed by atoms with E-state index in [9.17, 15) is 9.90 Å². The molecule has 6 heteroatoms. The van der Waals surface area contributed by atoms with E-state index in [0.717, 1.165) is 0 Å². The first-order valence-corrected chi connectivity index (χ1v) is 6.50. The van der Waals surface area contributed by atoms with Crippen molar-refractivity contribution in [2.24, 2.45) is 0 Å². The Balaban J connectivity index is 1.69. The van der Waals surface area contributed by atoms with Gasteiger partial charge in [0.25, 0.3) is 0 Å². The van der Waals surface area contributed by atoms with E-state index in [4.69, 9.17) is 4.74 Å². The molecule has 2 aliphatic rings. The number of hydrogen-bond donors (Lipinski definition) is 1. The molecule has 1 saturated heterocycles. The monoisotopic (exact) mass is 265 g/mol. The summed E-state index contributed by atoms with van der Waals surface area (Å²) in [5.41, 5.74) is -0.669. The summed E-state index contributed by atoms with van der Waals surface area (Å²) in [5, 5.41) is 9.96. The predicted octanol–water partition coefficient (Wildman–Crippen LogP) is 1.27. The number of carbonyl (C=O) groups excluding carboxylic acids is 1. The molecule has 1 atom stereocenters. The quantitative estimate of drug-likeness (QED) is 0.767. The highest BCUT2D eigenvalue weighted by molar-refractivity contribution is 5.69. The Morgan fingerprint density at radius 2 is 2.21 bits per heavy atom. The normalized spacial score (nSPS) is 24.2. The summed E-state index contributed by atoms with van der Waals surface area (Å²) in [4.78, 5) is 17.8. The maximum absolute atomic E-state index is 11.9. The molecule has 0 aliphatic carbocycles. The van der Waals surface area contributed by atoms with Gasteiger partial charge >= 0.3 is 6.09 Å². The Morgan fingerprint density at radius 3 is 2.84 bits per heavy atom. The number of fused-ring (bicyclic) bond motifs is 2. The number of ether oxygens (including phenoxy) is 1. The van der Waals surface area contributed by atoms with E-state index < -0.39 is 11.7 Å². The number of aliphatic hydroxyl groups excluding tert-OH is 1. The van der Waals surface area contributed by atoms with Crippen LogP contribution in [0.25, 0.3) is 0 Å². The molecule has 3 heterocycles. The first kappa shape index (κ1) is 12.5. The zero-order valence-corrected chi connectivity index (χ0v) is 11.5. The second-order valence-corrected chi connectivity index (χ2v) is 6.44. The van der Waals surface area contributed by atoms with Crippen molar-refractivity contribution in [3.63, 3.8) is 0 Å². The van der Waals surface area contributed by atoms with Gasteiger partial charge in [-0.25, -0.2) is 9.78 Å². The molecule has 2 aliphatic heterocycles. The summed E-state index contributed by atoms with van der Waals surface area (Å²) in [7, 11) is 0. The van der Waals surface area contributed by atoms with E-state index in [-0.39, 0.29) is 11.6 Å². The molecule has 19 heavy (non-hydrogen) atoms. The average Bonchev–Trinajstić information content (AvgIpc) is 2.75. The van der Waals surface area contributed by atoms with Crippen molar-refractivity contribution in [2.45, 2.75) is 44.4 Å². The van der Waals surface area contributed by atoms with Crippen molar-refractivity contribution < 1.29 is 14.6 Å². The smallest absolute Gasteiger partial charge is 0.410 e. The molecule has 3 rings (SSSR count). The SMILES string of the molecule is CC(C)(C)OC(=O)N1CC2(CC(O)c3nccn32)C1. The average molecular weight is 265 g/mol.